The highest BCUT2D eigenvalue weighted by molar-refractivity contribution is 8.23. The van der Waals surface area contributed by atoms with Crippen LogP contribution >= 0.6 is 24.0 Å². The Morgan fingerprint density at radius 1 is 1.31 bits per heavy atom. The normalized spacial score (nSPS) is 20.6. The fourth-order valence-electron chi connectivity index (χ4n) is 2.48. The fourth-order valence-corrected chi connectivity index (χ4v) is 3.47. The Hall–Kier alpha value is -1.52. The first kappa shape index (κ1) is 20.8. The molecule has 1 aromatic carbocycles. The maximum atomic E-state index is 12.1. The van der Waals surface area contributed by atoms with Crippen LogP contribution < -0.4 is 10.1 Å². The minimum Gasteiger partial charge on any atom is -0.406 e. The number of hydrogen-bond donors (Lipinski definition) is 1. The summed E-state index contributed by atoms with van der Waals surface area (Å²) in [6.07, 6.45) is -4.60. The number of carbonyl (C=O) groups is 1. The van der Waals surface area contributed by atoms with Gasteiger partial charge in [-0.1, -0.05) is 24.0 Å². The molecule has 1 N–H and O–H groups in total. The first-order chi connectivity index (χ1) is 12.1. The molecule has 0 aliphatic carbocycles. The van der Waals surface area contributed by atoms with Gasteiger partial charge in [-0.2, -0.15) is 0 Å². The van der Waals surface area contributed by atoms with Crippen molar-refractivity contribution in [1.29, 1.82) is 0 Å². The van der Waals surface area contributed by atoms with Gasteiger partial charge >= 0.3 is 6.36 Å². The summed E-state index contributed by atoms with van der Waals surface area (Å²) in [6.45, 7) is 5.29. The summed E-state index contributed by atoms with van der Waals surface area (Å²) < 4.78 is 46.4. The first-order valence-corrected chi connectivity index (χ1v) is 9.24. The molecule has 0 aromatic heterocycles. The van der Waals surface area contributed by atoms with E-state index in [1.165, 1.54) is 23.9 Å². The minimum atomic E-state index is -4.74. The molecule has 144 valence electrons. The molecular formula is C16H19F3N2O3S2. The molecule has 0 bridgehead atoms. The van der Waals surface area contributed by atoms with Crippen LogP contribution in [0.4, 0.5) is 18.9 Å². The second-order valence-corrected chi connectivity index (χ2v) is 7.45. The number of hydrogen-bond acceptors (Lipinski definition) is 5. The molecule has 1 fully saturated rings. The lowest BCUT2D eigenvalue weighted by Crippen LogP contribution is -2.47. The molecule has 2 atom stereocenters. The number of ether oxygens (including phenoxy) is 2. The lowest BCUT2D eigenvalue weighted by atomic mass is 10.2. The highest BCUT2D eigenvalue weighted by Gasteiger charge is 2.31. The van der Waals surface area contributed by atoms with E-state index in [4.69, 9.17) is 17.0 Å². The number of rotatable bonds is 4. The number of carbonyl (C=O) groups excluding carboxylic acids is 1. The number of halogens is 3. The Labute approximate surface area is 159 Å². The van der Waals surface area contributed by atoms with E-state index in [0.29, 0.717) is 23.1 Å². The van der Waals surface area contributed by atoms with E-state index in [2.05, 4.69) is 10.1 Å². The molecule has 0 saturated carbocycles. The van der Waals surface area contributed by atoms with Gasteiger partial charge < -0.3 is 19.7 Å². The van der Waals surface area contributed by atoms with Crippen molar-refractivity contribution >= 4 is 39.9 Å². The summed E-state index contributed by atoms with van der Waals surface area (Å²) in [5, 5.41) is 2.61. The molecule has 2 unspecified atom stereocenters. The van der Waals surface area contributed by atoms with E-state index >= 15 is 0 Å². The van der Waals surface area contributed by atoms with Gasteiger partial charge in [-0.05, 0) is 38.1 Å². The van der Waals surface area contributed by atoms with Crippen LogP contribution in [0.25, 0.3) is 0 Å². The van der Waals surface area contributed by atoms with Gasteiger partial charge in [0.1, 0.15) is 10.1 Å². The number of morpholine rings is 1. The summed E-state index contributed by atoms with van der Waals surface area (Å²) >= 11 is 6.60. The van der Waals surface area contributed by atoms with Crippen molar-refractivity contribution in [1.82, 2.24) is 4.90 Å². The van der Waals surface area contributed by atoms with Crippen LogP contribution in [-0.4, -0.2) is 52.5 Å². The maximum Gasteiger partial charge on any atom is 0.573 e. The SMILES string of the molecule is CC1CN(C(=S)SCC(=O)Nc2ccc(OC(F)(F)F)cc2)CC(C)O1. The standard InChI is InChI=1S/C16H19F3N2O3S2/c1-10-7-21(8-11(2)23-10)15(25)26-9-14(22)20-12-3-5-13(6-4-12)24-16(17,18)19/h3-6,10-11H,7-9H2,1-2H3,(H,20,22). The van der Waals surface area contributed by atoms with Crippen LogP contribution in [0.15, 0.2) is 24.3 Å². The number of thiocarbonyl (C=S) groups is 1. The predicted octanol–water partition coefficient (Wildman–Crippen LogP) is 3.65. The van der Waals surface area contributed by atoms with Crippen LogP contribution in [0.2, 0.25) is 0 Å². The van der Waals surface area contributed by atoms with Gasteiger partial charge in [0.2, 0.25) is 5.91 Å². The second-order valence-electron chi connectivity index (χ2n) is 5.84. The van der Waals surface area contributed by atoms with Crippen LogP contribution in [0, 0.1) is 0 Å². The summed E-state index contributed by atoms with van der Waals surface area (Å²) in [5.74, 6) is -0.530. The quantitative estimate of drug-likeness (QED) is 0.768. The molecule has 10 heteroatoms. The van der Waals surface area contributed by atoms with Crippen molar-refractivity contribution in [3.63, 3.8) is 0 Å². The number of amides is 1. The number of anilines is 1. The zero-order valence-corrected chi connectivity index (χ0v) is 15.8. The van der Waals surface area contributed by atoms with E-state index in [1.807, 2.05) is 18.7 Å². The van der Waals surface area contributed by atoms with Gasteiger partial charge in [-0.15, -0.1) is 13.2 Å². The molecule has 1 amide bonds. The maximum absolute atomic E-state index is 12.1. The summed E-state index contributed by atoms with van der Waals surface area (Å²) in [4.78, 5) is 14.0. The third-order valence-corrected chi connectivity index (χ3v) is 4.90. The fraction of sp³-hybridized carbons (Fsp3) is 0.500. The number of thioether (sulfide) groups is 1. The van der Waals surface area contributed by atoms with Gasteiger partial charge in [-0.25, -0.2) is 0 Å². The van der Waals surface area contributed by atoms with Crippen molar-refractivity contribution in [3.8, 4) is 5.75 Å². The molecule has 0 spiro atoms. The number of benzene rings is 1. The summed E-state index contributed by atoms with van der Waals surface area (Å²) in [5.41, 5.74) is 0.379. The first-order valence-electron chi connectivity index (χ1n) is 7.85. The zero-order chi connectivity index (χ0) is 19.3. The van der Waals surface area contributed by atoms with Crippen molar-refractivity contribution in [3.05, 3.63) is 24.3 Å². The van der Waals surface area contributed by atoms with Crippen molar-refractivity contribution in [2.24, 2.45) is 0 Å². The average Bonchev–Trinajstić information content (AvgIpc) is 2.52. The van der Waals surface area contributed by atoms with Crippen LogP contribution in [-0.2, 0) is 9.53 Å². The molecule has 1 aromatic rings. The topological polar surface area (TPSA) is 50.8 Å². The van der Waals surface area contributed by atoms with Crippen LogP contribution in [0.3, 0.4) is 0 Å². The smallest absolute Gasteiger partial charge is 0.406 e. The van der Waals surface area contributed by atoms with E-state index in [9.17, 15) is 18.0 Å². The van der Waals surface area contributed by atoms with Crippen molar-refractivity contribution in [2.75, 3.05) is 24.2 Å². The lowest BCUT2D eigenvalue weighted by Gasteiger charge is -2.36. The molecule has 1 saturated heterocycles. The van der Waals surface area contributed by atoms with Gasteiger partial charge in [0, 0.05) is 18.8 Å². The highest BCUT2D eigenvalue weighted by Crippen LogP contribution is 2.24. The molecule has 1 aliphatic heterocycles. The number of nitrogens with one attached hydrogen (secondary N) is 1. The minimum absolute atomic E-state index is 0.0727. The largest absolute Gasteiger partial charge is 0.573 e. The van der Waals surface area contributed by atoms with E-state index in [1.54, 1.807) is 0 Å². The molecule has 26 heavy (non-hydrogen) atoms. The predicted molar refractivity (Wildman–Crippen MR) is 98.4 cm³/mol. The Morgan fingerprint density at radius 2 is 1.88 bits per heavy atom. The van der Waals surface area contributed by atoms with E-state index < -0.39 is 6.36 Å². The average molecular weight is 408 g/mol. The Kier molecular flexibility index (Phi) is 7.13. The van der Waals surface area contributed by atoms with Gasteiger partial charge in [0.15, 0.2) is 0 Å². The molecule has 1 aliphatic rings. The van der Waals surface area contributed by atoms with Crippen molar-refractivity contribution in [2.45, 2.75) is 32.4 Å². The highest BCUT2D eigenvalue weighted by atomic mass is 32.2. The Bertz CT molecular complexity index is 631. The Morgan fingerprint density at radius 3 is 2.42 bits per heavy atom. The molecule has 5 nitrogen and oxygen atoms in total. The third-order valence-electron chi connectivity index (χ3n) is 3.38. The van der Waals surface area contributed by atoms with Gasteiger partial charge in [0.25, 0.3) is 0 Å². The number of alkyl halides is 3. The Balaban J connectivity index is 1.78. The van der Waals surface area contributed by atoms with Gasteiger partial charge in [0.05, 0.1) is 18.0 Å². The lowest BCUT2D eigenvalue weighted by molar-refractivity contribution is -0.274. The molecule has 1 heterocycles. The van der Waals surface area contributed by atoms with E-state index in [0.717, 1.165) is 12.1 Å². The van der Waals surface area contributed by atoms with Crippen LogP contribution in [0.1, 0.15) is 13.8 Å². The summed E-state index contributed by atoms with van der Waals surface area (Å²) in [6, 6.07) is 4.95. The molecular weight excluding hydrogens is 389 g/mol. The monoisotopic (exact) mass is 408 g/mol. The zero-order valence-electron chi connectivity index (χ0n) is 14.2. The molecule has 0 radical (unpaired) electrons. The van der Waals surface area contributed by atoms with Gasteiger partial charge in [-0.3, -0.25) is 4.79 Å². The van der Waals surface area contributed by atoms with Crippen LogP contribution in [0.5, 0.6) is 5.75 Å². The molecule has 2 rings (SSSR count). The van der Waals surface area contributed by atoms with E-state index in [-0.39, 0.29) is 29.6 Å². The second kappa shape index (κ2) is 8.92. The number of nitrogens with zero attached hydrogens (tertiary/aromatic N) is 1. The third kappa shape index (κ3) is 7.00. The summed E-state index contributed by atoms with van der Waals surface area (Å²) in [7, 11) is 0. The van der Waals surface area contributed by atoms with Crippen molar-refractivity contribution < 1.29 is 27.4 Å².